The summed E-state index contributed by atoms with van der Waals surface area (Å²) in [5.74, 6) is 2.40. The first-order valence-corrected chi connectivity index (χ1v) is 7.56. The fourth-order valence-electron chi connectivity index (χ4n) is 3.20. The van der Waals surface area contributed by atoms with Gasteiger partial charge < -0.3 is 0 Å². The first-order chi connectivity index (χ1) is 8.31. The van der Waals surface area contributed by atoms with Gasteiger partial charge in [-0.15, -0.1) is 13.2 Å². The third-order valence-electron chi connectivity index (χ3n) is 4.35. The van der Waals surface area contributed by atoms with Gasteiger partial charge in [-0.3, -0.25) is 0 Å². The first kappa shape index (κ1) is 14.5. The molecule has 1 rings (SSSR count). The summed E-state index contributed by atoms with van der Waals surface area (Å²) >= 11 is 0. The molecule has 0 nitrogen and oxygen atoms in total. The lowest BCUT2D eigenvalue weighted by atomic mass is 9.90. The average Bonchev–Trinajstić information content (AvgIpc) is 2.76. The Bertz CT molecular complexity index is 216. The third kappa shape index (κ3) is 5.10. The van der Waals surface area contributed by atoms with Crippen LogP contribution >= 0.6 is 0 Å². The molecule has 0 saturated heterocycles. The Morgan fingerprint density at radius 1 is 0.941 bits per heavy atom. The molecule has 0 N–H and O–H groups in total. The van der Waals surface area contributed by atoms with E-state index in [4.69, 9.17) is 0 Å². The summed E-state index contributed by atoms with van der Waals surface area (Å²) in [7, 11) is 0. The molecule has 0 radical (unpaired) electrons. The maximum absolute atomic E-state index is 4.00. The maximum Gasteiger partial charge on any atom is -0.0202 e. The summed E-state index contributed by atoms with van der Waals surface area (Å²) in [5.41, 5.74) is 0. The first-order valence-electron chi connectivity index (χ1n) is 7.56. The van der Waals surface area contributed by atoms with Crippen LogP contribution in [-0.4, -0.2) is 0 Å². The van der Waals surface area contributed by atoms with E-state index in [2.05, 4.69) is 32.2 Å². The molecular weight excluding hydrogens is 204 g/mol. The average molecular weight is 234 g/mol. The Labute approximate surface area is 108 Å². The fraction of sp³-hybridized carbons (Fsp3) is 0.765. The standard InChI is InChI=1S/C17H30/c1-4-7-8-9-10-11-12-17-14-15(5-2)13-16(17)6-3/h5-6,15-17H,2-4,7-14H2,1H3. The molecule has 1 saturated carbocycles. The summed E-state index contributed by atoms with van der Waals surface area (Å²) in [6, 6.07) is 0. The second kappa shape index (κ2) is 8.55. The second-order valence-corrected chi connectivity index (χ2v) is 5.68. The molecule has 1 aliphatic rings. The van der Waals surface area contributed by atoms with Gasteiger partial charge in [0.05, 0.1) is 0 Å². The number of unbranched alkanes of at least 4 members (excludes halogenated alkanes) is 5. The van der Waals surface area contributed by atoms with Gasteiger partial charge in [-0.25, -0.2) is 0 Å². The monoisotopic (exact) mass is 234 g/mol. The van der Waals surface area contributed by atoms with Crippen LogP contribution in [0.3, 0.4) is 0 Å². The van der Waals surface area contributed by atoms with Crippen molar-refractivity contribution < 1.29 is 0 Å². The van der Waals surface area contributed by atoms with E-state index >= 15 is 0 Å². The molecule has 3 atom stereocenters. The molecule has 0 bridgehead atoms. The molecule has 17 heavy (non-hydrogen) atoms. The highest BCUT2D eigenvalue weighted by atomic mass is 14.3. The molecule has 0 heteroatoms. The van der Waals surface area contributed by atoms with Crippen molar-refractivity contribution in [2.45, 2.75) is 64.7 Å². The van der Waals surface area contributed by atoms with Crippen LogP contribution < -0.4 is 0 Å². The van der Waals surface area contributed by atoms with Gasteiger partial charge in [0.25, 0.3) is 0 Å². The maximum atomic E-state index is 4.00. The van der Waals surface area contributed by atoms with Crippen LogP contribution in [0, 0.1) is 17.8 Å². The summed E-state index contributed by atoms with van der Waals surface area (Å²) in [6.07, 6.45) is 16.9. The van der Waals surface area contributed by atoms with E-state index in [0.717, 1.165) is 17.8 Å². The van der Waals surface area contributed by atoms with Crippen molar-refractivity contribution in [3.63, 3.8) is 0 Å². The van der Waals surface area contributed by atoms with Crippen molar-refractivity contribution in [3.8, 4) is 0 Å². The molecule has 0 heterocycles. The van der Waals surface area contributed by atoms with Crippen LogP contribution in [-0.2, 0) is 0 Å². The van der Waals surface area contributed by atoms with Crippen molar-refractivity contribution in [2.75, 3.05) is 0 Å². The lowest BCUT2D eigenvalue weighted by Crippen LogP contribution is -2.04. The van der Waals surface area contributed by atoms with Gasteiger partial charge in [-0.05, 0) is 37.0 Å². The van der Waals surface area contributed by atoms with Gasteiger partial charge in [-0.2, -0.15) is 0 Å². The number of hydrogen-bond acceptors (Lipinski definition) is 0. The lowest BCUT2D eigenvalue weighted by molar-refractivity contribution is 0.401. The molecule has 0 aromatic rings. The zero-order chi connectivity index (χ0) is 12.5. The second-order valence-electron chi connectivity index (χ2n) is 5.68. The molecule has 0 amide bonds. The quantitative estimate of drug-likeness (QED) is 0.352. The van der Waals surface area contributed by atoms with E-state index in [-0.39, 0.29) is 0 Å². The summed E-state index contributed by atoms with van der Waals surface area (Å²) < 4.78 is 0. The predicted molar refractivity (Wildman–Crippen MR) is 78.1 cm³/mol. The van der Waals surface area contributed by atoms with E-state index in [9.17, 15) is 0 Å². The Balaban J connectivity index is 2.13. The highest BCUT2D eigenvalue weighted by Crippen LogP contribution is 2.40. The van der Waals surface area contributed by atoms with Gasteiger partial charge in [0.2, 0.25) is 0 Å². The molecule has 0 aromatic heterocycles. The number of rotatable bonds is 9. The van der Waals surface area contributed by atoms with Crippen LogP contribution in [0.15, 0.2) is 25.3 Å². The van der Waals surface area contributed by atoms with E-state index in [1.54, 1.807) is 0 Å². The highest BCUT2D eigenvalue weighted by Gasteiger charge is 2.29. The van der Waals surface area contributed by atoms with Crippen molar-refractivity contribution >= 4 is 0 Å². The Morgan fingerprint density at radius 2 is 1.65 bits per heavy atom. The van der Waals surface area contributed by atoms with E-state index in [0.29, 0.717) is 0 Å². The lowest BCUT2D eigenvalue weighted by Gasteiger charge is -2.15. The van der Waals surface area contributed by atoms with Crippen molar-refractivity contribution in [2.24, 2.45) is 17.8 Å². The normalized spacial score (nSPS) is 28.2. The fourth-order valence-corrected chi connectivity index (χ4v) is 3.20. The van der Waals surface area contributed by atoms with E-state index in [1.165, 1.54) is 57.8 Å². The summed E-state index contributed by atoms with van der Waals surface area (Å²) in [4.78, 5) is 0. The van der Waals surface area contributed by atoms with Crippen molar-refractivity contribution in [1.82, 2.24) is 0 Å². The predicted octanol–water partition coefficient (Wildman–Crippen LogP) is 5.75. The van der Waals surface area contributed by atoms with Gasteiger partial charge >= 0.3 is 0 Å². The topological polar surface area (TPSA) is 0 Å². The van der Waals surface area contributed by atoms with Gasteiger partial charge in [0.1, 0.15) is 0 Å². The number of hydrogen-bond donors (Lipinski definition) is 0. The van der Waals surface area contributed by atoms with Crippen LogP contribution in [0.5, 0.6) is 0 Å². The minimum Gasteiger partial charge on any atom is -0.103 e. The zero-order valence-corrected chi connectivity index (χ0v) is 11.7. The van der Waals surface area contributed by atoms with Crippen LogP contribution in [0.1, 0.15) is 64.7 Å². The van der Waals surface area contributed by atoms with Crippen molar-refractivity contribution in [1.29, 1.82) is 0 Å². The van der Waals surface area contributed by atoms with E-state index in [1.807, 2.05) is 0 Å². The van der Waals surface area contributed by atoms with Gasteiger partial charge in [0, 0.05) is 0 Å². The molecule has 0 spiro atoms. The highest BCUT2D eigenvalue weighted by molar-refractivity contribution is 4.97. The van der Waals surface area contributed by atoms with E-state index < -0.39 is 0 Å². The summed E-state index contributed by atoms with van der Waals surface area (Å²) in [6.45, 7) is 10.2. The van der Waals surface area contributed by atoms with Crippen LogP contribution in [0.25, 0.3) is 0 Å². The largest absolute Gasteiger partial charge is 0.103 e. The summed E-state index contributed by atoms with van der Waals surface area (Å²) in [5, 5.41) is 0. The minimum absolute atomic E-state index is 0.753. The molecule has 3 unspecified atom stereocenters. The van der Waals surface area contributed by atoms with Crippen molar-refractivity contribution in [3.05, 3.63) is 25.3 Å². The third-order valence-corrected chi connectivity index (χ3v) is 4.35. The molecule has 1 fully saturated rings. The minimum atomic E-state index is 0.753. The van der Waals surface area contributed by atoms with Gasteiger partial charge in [-0.1, -0.05) is 57.6 Å². The number of allylic oxidation sites excluding steroid dienone is 2. The zero-order valence-electron chi connectivity index (χ0n) is 11.7. The Kier molecular flexibility index (Phi) is 7.32. The Hall–Kier alpha value is -0.520. The molecule has 0 aliphatic heterocycles. The molecular formula is C17H30. The van der Waals surface area contributed by atoms with Crippen LogP contribution in [0.4, 0.5) is 0 Å². The molecule has 1 aliphatic carbocycles. The van der Waals surface area contributed by atoms with Crippen LogP contribution in [0.2, 0.25) is 0 Å². The smallest absolute Gasteiger partial charge is 0.0202 e. The SMILES string of the molecule is C=CC1CC(C=C)C(CCCCCCCC)C1. The Morgan fingerprint density at radius 3 is 2.29 bits per heavy atom. The van der Waals surface area contributed by atoms with Gasteiger partial charge in [0.15, 0.2) is 0 Å². The molecule has 98 valence electrons. The molecule has 0 aromatic carbocycles.